The average molecular weight is 284 g/mol. The average Bonchev–Trinajstić information content (AvgIpc) is 2.37. The quantitative estimate of drug-likeness (QED) is 0.745. The van der Waals surface area contributed by atoms with Gasteiger partial charge in [-0.2, -0.15) is 0 Å². The van der Waals surface area contributed by atoms with Crippen LogP contribution in [-0.4, -0.2) is 34.3 Å². The van der Waals surface area contributed by atoms with E-state index in [4.69, 9.17) is 9.84 Å². The number of carboxylic acid groups (broad SMARTS) is 1. The molecule has 0 saturated carbocycles. The second-order valence-electron chi connectivity index (χ2n) is 4.65. The Balaban J connectivity index is 2.48. The Bertz CT molecular complexity index is 443. The summed E-state index contributed by atoms with van der Waals surface area (Å²) in [4.78, 5) is 11.4. The first-order chi connectivity index (χ1) is 9.02. The van der Waals surface area contributed by atoms with E-state index in [-0.39, 0.29) is 5.56 Å². The van der Waals surface area contributed by atoms with Crippen LogP contribution in [0.1, 0.15) is 30.6 Å². The Morgan fingerprint density at radius 1 is 1.32 bits per heavy atom. The van der Waals surface area contributed by atoms with Crippen molar-refractivity contribution < 1.29 is 18.8 Å². The topological polar surface area (TPSA) is 63.6 Å². The molecule has 106 valence electrons. The molecule has 5 heteroatoms. The summed E-state index contributed by atoms with van der Waals surface area (Å²) >= 11 is 0. The highest BCUT2D eigenvalue weighted by molar-refractivity contribution is 7.85. The molecule has 1 rings (SSSR count). The molecule has 19 heavy (non-hydrogen) atoms. The largest absolute Gasteiger partial charge is 0.478 e. The van der Waals surface area contributed by atoms with Crippen molar-refractivity contribution in [2.45, 2.75) is 25.2 Å². The Kier molecular flexibility index (Phi) is 6.73. The summed E-state index contributed by atoms with van der Waals surface area (Å²) in [7, 11) is -1.34. The van der Waals surface area contributed by atoms with Gasteiger partial charge >= 0.3 is 5.97 Å². The molecule has 0 bridgehead atoms. The van der Waals surface area contributed by atoms with Crippen molar-refractivity contribution in [3.63, 3.8) is 0 Å². The molecule has 0 saturated heterocycles. The third kappa shape index (κ3) is 5.53. The summed E-state index contributed by atoms with van der Waals surface area (Å²) < 4.78 is 17.4. The fourth-order valence-electron chi connectivity index (χ4n) is 1.51. The maximum absolute atomic E-state index is 12.0. The molecule has 0 spiro atoms. The Labute approximate surface area is 116 Å². The highest BCUT2D eigenvalue weighted by Crippen LogP contribution is 2.13. The summed E-state index contributed by atoms with van der Waals surface area (Å²) in [6.07, 6.45) is 0.971. The van der Waals surface area contributed by atoms with Crippen molar-refractivity contribution in [3.8, 4) is 0 Å². The predicted molar refractivity (Wildman–Crippen MR) is 75.0 cm³/mol. The number of carbonyl (C=O) groups is 1. The van der Waals surface area contributed by atoms with Gasteiger partial charge in [0, 0.05) is 6.61 Å². The molecular formula is C14H20O4S. The van der Waals surface area contributed by atoms with Crippen LogP contribution in [0.25, 0.3) is 0 Å². The fourth-order valence-corrected chi connectivity index (χ4v) is 2.63. The van der Waals surface area contributed by atoms with Crippen LogP contribution >= 0.6 is 0 Å². The lowest BCUT2D eigenvalue weighted by Gasteiger charge is -2.08. The third-order valence-corrected chi connectivity index (χ3v) is 4.00. The summed E-state index contributed by atoms with van der Waals surface area (Å²) in [5.74, 6) is -0.148. The Morgan fingerprint density at radius 2 is 2.00 bits per heavy atom. The molecule has 1 aromatic rings. The third-order valence-electron chi connectivity index (χ3n) is 2.62. The van der Waals surface area contributed by atoms with Crippen LogP contribution in [0.3, 0.4) is 0 Å². The van der Waals surface area contributed by atoms with Gasteiger partial charge in [0.1, 0.15) is 0 Å². The second-order valence-corrected chi connectivity index (χ2v) is 6.18. The standard InChI is InChI=1S/C14H20O4S/c1-11(2)7-8-18-9-10-19(17)13-6-4-3-5-12(13)14(15)16/h3-6,11H,7-10H2,1-2H3,(H,15,16). The number of hydrogen-bond donors (Lipinski definition) is 1. The highest BCUT2D eigenvalue weighted by Gasteiger charge is 2.14. The van der Waals surface area contributed by atoms with E-state index in [1.807, 2.05) is 0 Å². The van der Waals surface area contributed by atoms with Crippen molar-refractivity contribution >= 4 is 16.8 Å². The molecule has 0 aliphatic heterocycles. The van der Waals surface area contributed by atoms with Crippen LogP contribution < -0.4 is 0 Å². The smallest absolute Gasteiger partial charge is 0.336 e. The Morgan fingerprint density at radius 3 is 2.63 bits per heavy atom. The van der Waals surface area contributed by atoms with Crippen LogP contribution in [0.5, 0.6) is 0 Å². The van der Waals surface area contributed by atoms with Gasteiger partial charge in [0.05, 0.1) is 33.6 Å². The minimum absolute atomic E-state index is 0.100. The molecule has 0 radical (unpaired) electrons. The molecule has 0 aromatic heterocycles. The molecule has 0 aliphatic carbocycles. The van der Waals surface area contributed by atoms with Gasteiger partial charge in [0.25, 0.3) is 0 Å². The van der Waals surface area contributed by atoms with E-state index < -0.39 is 16.8 Å². The van der Waals surface area contributed by atoms with Gasteiger partial charge in [-0.05, 0) is 24.5 Å². The monoisotopic (exact) mass is 284 g/mol. The maximum Gasteiger partial charge on any atom is 0.336 e. The summed E-state index contributed by atoms with van der Waals surface area (Å²) in [5, 5.41) is 9.02. The first-order valence-electron chi connectivity index (χ1n) is 6.30. The van der Waals surface area contributed by atoms with Crippen molar-refractivity contribution in [1.82, 2.24) is 0 Å². The zero-order chi connectivity index (χ0) is 14.3. The number of hydrogen-bond acceptors (Lipinski definition) is 3. The molecule has 0 heterocycles. The summed E-state index contributed by atoms with van der Waals surface area (Å²) in [6, 6.07) is 6.38. The minimum atomic E-state index is -1.34. The molecule has 0 amide bonds. The van der Waals surface area contributed by atoms with E-state index in [1.165, 1.54) is 6.07 Å². The molecular weight excluding hydrogens is 264 g/mol. The van der Waals surface area contributed by atoms with Crippen molar-refractivity contribution in [2.75, 3.05) is 19.0 Å². The molecule has 0 aliphatic rings. The lowest BCUT2D eigenvalue weighted by Crippen LogP contribution is -2.11. The Hall–Kier alpha value is -1.20. The number of ether oxygens (including phenoxy) is 1. The van der Waals surface area contributed by atoms with Gasteiger partial charge in [-0.3, -0.25) is 4.21 Å². The van der Waals surface area contributed by atoms with E-state index in [0.29, 0.717) is 29.8 Å². The van der Waals surface area contributed by atoms with Crippen molar-refractivity contribution in [1.29, 1.82) is 0 Å². The first kappa shape index (κ1) is 15.9. The fraction of sp³-hybridized carbons (Fsp3) is 0.500. The van der Waals surface area contributed by atoms with Gasteiger partial charge in [0.2, 0.25) is 0 Å². The van der Waals surface area contributed by atoms with Crippen LogP contribution in [0.2, 0.25) is 0 Å². The van der Waals surface area contributed by atoms with Crippen LogP contribution in [0.4, 0.5) is 0 Å². The van der Waals surface area contributed by atoms with E-state index in [0.717, 1.165) is 6.42 Å². The van der Waals surface area contributed by atoms with E-state index >= 15 is 0 Å². The number of aromatic carboxylic acids is 1. The zero-order valence-corrected chi connectivity index (χ0v) is 12.1. The summed E-state index contributed by atoms with van der Waals surface area (Å²) in [5.41, 5.74) is 0.100. The minimum Gasteiger partial charge on any atom is -0.478 e. The molecule has 4 nitrogen and oxygen atoms in total. The van der Waals surface area contributed by atoms with Crippen molar-refractivity contribution in [2.24, 2.45) is 5.92 Å². The van der Waals surface area contributed by atoms with Crippen molar-refractivity contribution in [3.05, 3.63) is 29.8 Å². The number of carboxylic acids is 1. The van der Waals surface area contributed by atoms with Crippen LogP contribution in [-0.2, 0) is 15.5 Å². The molecule has 1 aromatic carbocycles. The maximum atomic E-state index is 12.0. The van der Waals surface area contributed by atoms with E-state index in [9.17, 15) is 9.00 Å². The van der Waals surface area contributed by atoms with E-state index in [1.54, 1.807) is 18.2 Å². The van der Waals surface area contributed by atoms with Gasteiger partial charge in [-0.15, -0.1) is 0 Å². The molecule has 0 fully saturated rings. The normalized spacial score (nSPS) is 12.6. The number of rotatable bonds is 8. The SMILES string of the molecule is CC(C)CCOCCS(=O)c1ccccc1C(=O)O. The molecule has 1 atom stereocenters. The predicted octanol–water partition coefficient (Wildman–Crippen LogP) is 2.56. The zero-order valence-electron chi connectivity index (χ0n) is 11.3. The first-order valence-corrected chi connectivity index (χ1v) is 7.62. The lowest BCUT2D eigenvalue weighted by atomic mass is 10.1. The second kappa shape index (κ2) is 8.07. The molecule has 1 unspecified atom stereocenters. The van der Waals surface area contributed by atoms with Gasteiger partial charge in [-0.25, -0.2) is 4.79 Å². The number of benzene rings is 1. The highest BCUT2D eigenvalue weighted by atomic mass is 32.2. The summed E-state index contributed by atoms with van der Waals surface area (Å²) in [6.45, 7) is 5.26. The van der Waals surface area contributed by atoms with Crippen LogP contribution in [0, 0.1) is 5.92 Å². The van der Waals surface area contributed by atoms with Gasteiger partial charge < -0.3 is 9.84 Å². The lowest BCUT2D eigenvalue weighted by molar-refractivity contribution is 0.0693. The van der Waals surface area contributed by atoms with Gasteiger partial charge in [0.15, 0.2) is 0 Å². The molecule has 1 N–H and O–H groups in total. The van der Waals surface area contributed by atoms with Crippen LogP contribution in [0.15, 0.2) is 29.2 Å². The van der Waals surface area contributed by atoms with E-state index in [2.05, 4.69) is 13.8 Å². The van der Waals surface area contributed by atoms with Gasteiger partial charge in [-0.1, -0.05) is 26.0 Å².